The van der Waals surface area contributed by atoms with Crippen molar-refractivity contribution in [2.45, 2.75) is 27.2 Å². The number of anilines is 1. The van der Waals surface area contributed by atoms with Crippen LogP contribution in [-0.4, -0.2) is 51.8 Å². The van der Waals surface area contributed by atoms with Crippen molar-refractivity contribution in [3.8, 4) is 28.3 Å². The number of nitrogens with one attached hydrogen (secondary N) is 1. The maximum absolute atomic E-state index is 13.2. The largest absolute Gasteiger partial charge is 0.496 e. The number of hydrogen-bond donors (Lipinski definition) is 2. The minimum absolute atomic E-state index is 0.0175. The van der Waals surface area contributed by atoms with E-state index >= 15 is 0 Å². The Morgan fingerprint density at radius 3 is 2.34 bits per heavy atom. The number of benzene rings is 3. The van der Waals surface area contributed by atoms with Crippen molar-refractivity contribution >= 4 is 17.5 Å². The van der Waals surface area contributed by atoms with Gasteiger partial charge in [0.25, 0.3) is 11.8 Å². The van der Waals surface area contributed by atoms with E-state index < -0.39 is 5.91 Å². The molecule has 0 atom stereocenters. The third-order valence-electron chi connectivity index (χ3n) is 6.96. The van der Waals surface area contributed by atoms with Gasteiger partial charge in [-0.3, -0.25) is 9.59 Å². The molecule has 2 N–H and O–H groups in total. The summed E-state index contributed by atoms with van der Waals surface area (Å²) in [4.78, 5) is 32.1. The molecule has 2 amide bonds. The van der Waals surface area contributed by atoms with E-state index in [4.69, 9.17) is 4.74 Å². The fourth-order valence-electron chi connectivity index (χ4n) is 4.87. The standard InChI is InChI=1S/C30H30N4O4/c1-18-8-5-9-19(2)26(18)24-17-21(12-13-25(24)38-4)28-31-20(3)27(34(28)37)29(35)32-23-11-6-10-22(16-23)30(36)33-14-7-15-33/h5-6,8-13,16-17,37H,7,14-15H2,1-4H3,(H,32,35). The van der Waals surface area contributed by atoms with Crippen LogP contribution in [0.15, 0.2) is 60.7 Å². The molecule has 38 heavy (non-hydrogen) atoms. The molecule has 3 aromatic carbocycles. The number of aromatic nitrogens is 2. The molecule has 8 heteroatoms. The summed E-state index contributed by atoms with van der Waals surface area (Å²) < 4.78 is 6.45. The number of rotatable bonds is 6. The summed E-state index contributed by atoms with van der Waals surface area (Å²) in [6.07, 6.45) is 1.00. The molecule has 4 aromatic rings. The van der Waals surface area contributed by atoms with Gasteiger partial charge in [-0.05, 0) is 80.3 Å². The first-order valence-corrected chi connectivity index (χ1v) is 12.5. The van der Waals surface area contributed by atoms with Gasteiger partial charge in [-0.15, -0.1) is 0 Å². The predicted octanol–water partition coefficient (Wildman–Crippen LogP) is 5.49. The van der Waals surface area contributed by atoms with E-state index in [1.165, 1.54) is 0 Å². The average molecular weight is 511 g/mol. The molecule has 1 aliphatic rings. The molecule has 0 aliphatic carbocycles. The van der Waals surface area contributed by atoms with Crippen LogP contribution in [0.1, 0.15) is 44.1 Å². The topological polar surface area (TPSA) is 96.7 Å². The van der Waals surface area contributed by atoms with Gasteiger partial charge in [0.05, 0.1) is 12.8 Å². The first kappa shape index (κ1) is 25.1. The summed E-state index contributed by atoms with van der Waals surface area (Å²) in [7, 11) is 1.62. The zero-order valence-corrected chi connectivity index (χ0v) is 21.9. The van der Waals surface area contributed by atoms with Crippen LogP contribution in [0.4, 0.5) is 5.69 Å². The highest BCUT2D eigenvalue weighted by molar-refractivity contribution is 6.05. The Kier molecular flexibility index (Phi) is 6.63. The SMILES string of the molecule is COc1ccc(-c2nc(C)c(C(=O)Nc3cccc(C(=O)N4CCC4)c3)n2O)cc1-c1c(C)cccc1C. The summed E-state index contributed by atoms with van der Waals surface area (Å²) in [5, 5.41) is 13.9. The Morgan fingerprint density at radius 1 is 0.974 bits per heavy atom. The maximum atomic E-state index is 13.2. The van der Waals surface area contributed by atoms with E-state index in [-0.39, 0.29) is 17.4 Å². The lowest BCUT2D eigenvalue weighted by Gasteiger charge is -2.31. The molecule has 1 saturated heterocycles. The van der Waals surface area contributed by atoms with Crippen molar-refractivity contribution in [2.24, 2.45) is 0 Å². The van der Waals surface area contributed by atoms with Gasteiger partial charge in [0.1, 0.15) is 5.75 Å². The van der Waals surface area contributed by atoms with E-state index in [1.807, 2.05) is 44.2 Å². The number of aryl methyl sites for hydroxylation is 3. The van der Waals surface area contributed by atoms with Crippen LogP contribution in [-0.2, 0) is 0 Å². The third-order valence-corrected chi connectivity index (χ3v) is 6.96. The minimum Gasteiger partial charge on any atom is -0.496 e. The van der Waals surface area contributed by atoms with Crippen molar-refractivity contribution in [3.05, 3.63) is 88.7 Å². The molecule has 0 saturated carbocycles. The predicted molar refractivity (Wildman–Crippen MR) is 146 cm³/mol. The number of nitrogens with zero attached hydrogens (tertiary/aromatic N) is 3. The van der Waals surface area contributed by atoms with Crippen molar-refractivity contribution in [1.82, 2.24) is 14.6 Å². The smallest absolute Gasteiger partial charge is 0.277 e. The van der Waals surface area contributed by atoms with Crippen molar-refractivity contribution in [1.29, 1.82) is 0 Å². The highest BCUT2D eigenvalue weighted by atomic mass is 16.5. The van der Waals surface area contributed by atoms with Crippen LogP contribution in [0.3, 0.4) is 0 Å². The Hall–Kier alpha value is -4.59. The molecule has 2 heterocycles. The molecule has 0 radical (unpaired) electrons. The fraction of sp³-hybridized carbons (Fsp3) is 0.233. The lowest BCUT2D eigenvalue weighted by molar-refractivity contribution is 0.0651. The summed E-state index contributed by atoms with van der Waals surface area (Å²) in [6.45, 7) is 7.25. The first-order chi connectivity index (χ1) is 18.3. The van der Waals surface area contributed by atoms with E-state index in [2.05, 4.69) is 10.3 Å². The second kappa shape index (κ2) is 10.0. The van der Waals surface area contributed by atoms with E-state index in [0.717, 1.165) is 46.5 Å². The van der Waals surface area contributed by atoms with Gasteiger partial charge < -0.3 is 20.2 Å². The molecule has 5 rings (SSSR count). The van der Waals surface area contributed by atoms with Crippen LogP contribution >= 0.6 is 0 Å². The van der Waals surface area contributed by atoms with Gasteiger partial charge in [-0.1, -0.05) is 24.3 Å². The van der Waals surface area contributed by atoms with Crippen molar-refractivity contribution in [3.63, 3.8) is 0 Å². The summed E-state index contributed by atoms with van der Waals surface area (Å²) >= 11 is 0. The van der Waals surface area contributed by atoms with E-state index in [9.17, 15) is 14.8 Å². The van der Waals surface area contributed by atoms with Crippen LogP contribution < -0.4 is 10.1 Å². The Bertz CT molecular complexity index is 1530. The summed E-state index contributed by atoms with van der Waals surface area (Å²) in [5.74, 6) is 0.354. The molecule has 1 aliphatic heterocycles. The van der Waals surface area contributed by atoms with Gasteiger partial charge in [-0.2, -0.15) is 4.73 Å². The van der Waals surface area contributed by atoms with Crippen molar-refractivity contribution in [2.75, 3.05) is 25.5 Å². The lowest BCUT2D eigenvalue weighted by Crippen LogP contribution is -2.42. The Morgan fingerprint density at radius 2 is 1.68 bits per heavy atom. The van der Waals surface area contributed by atoms with Crippen LogP contribution in [0.2, 0.25) is 0 Å². The van der Waals surface area contributed by atoms with Crippen LogP contribution in [0.25, 0.3) is 22.5 Å². The van der Waals surface area contributed by atoms with Crippen LogP contribution in [0, 0.1) is 20.8 Å². The van der Waals surface area contributed by atoms with Gasteiger partial charge in [-0.25, -0.2) is 4.98 Å². The van der Waals surface area contributed by atoms with Gasteiger partial charge in [0, 0.05) is 35.5 Å². The van der Waals surface area contributed by atoms with Gasteiger partial charge >= 0.3 is 0 Å². The molecular weight excluding hydrogens is 480 g/mol. The second-order valence-corrected chi connectivity index (χ2v) is 9.54. The number of carbonyl (C=O) groups excluding carboxylic acids is 2. The monoisotopic (exact) mass is 510 g/mol. The number of amides is 2. The molecule has 1 fully saturated rings. The van der Waals surface area contributed by atoms with Crippen molar-refractivity contribution < 1.29 is 19.5 Å². The Labute approximate surface area is 221 Å². The number of imidazole rings is 1. The van der Waals surface area contributed by atoms with E-state index in [0.29, 0.717) is 28.3 Å². The minimum atomic E-state index is -0.527. The number of carbonyl (C=O) groups is 2. The normalized spacial score (nSPS) is 12.7. The zero-order valence-electron chi connectivity index (χ0n) is 21.9. The highest BCUT2D eigenvalue weighted by Gasteiger charge is 2.25. The molecule has 8 nitrogen and oxygen atoms in total. The fourth-order valence-corrected chi connectivity index (χ4v) is 4.87. The number of likely N-dealkylation sites (tertiary alicyclic amines) is 1. The quantitative estimate of drug-likeness (QED) is 0.335. The molecule has 0 unspecified atom stereocenters. The second-order valence-electron chi connectivity index (χ2n) is 9.54. The maximum Gasteiger partial charge on any atom is 0.277 e. The molecular formula is C30H30N4O4. The molecule has 1 aromatic heterocycles. The van der Waals surface area contributed by atoms with Gasteiger partial charge in [0.15, 0.2) is 11.5 Å². The highest BCUT2D eigenvalue weighted by Crippen LogP contribution is 2.37. The van der Waals surface area contributed by atoms with E-state index in [1.54, 1.807) is 49.3 Å². The third kappa shape index (κ3) is 4.49. The first-order valence-electron chi connectivity index (χ1n) is 12.5. The van der Waals surface area contributed by atoms with Gasteiger partial charge in [0.2, 0.25) is 0 Å². The summed E-state index contributed by atoms with van der Waals surface area (Å²) in [5.41, 5.74) is 6.11. The number of hydrogen-bond acceptors (Lipinski definition) is 5. The van der Waals surface area contributed by atoms with Crippen LogP contribution in [0.5, 0.6) is 5.75 Å². The lowest BCUT2D eigenvalue weighted by atomic mass is 9.93. The molecule has 0 bridgehead atoms. The number of methoxy groups -OCH3 is 1. The Balaban J connectivity index is 1.47. The summed E-state index contributed by atoms with van der Waals surface area (Å²) in [6, 6.07) is 18.5. The molecule has 0 spiro atoms. The average Bonchev–Trinajstić information content (AvgIpc) is 3.16. The number of ether oxygens (including phenoxy) is 1. The zero-order chi connectivity index (χ0) is 27.0. The molecule has 194 valence electrons.